The van der Waals surface area contributed by atoms with Crippen LogP contribution in [0.25, 0.3) is 0 Å². The summed E-state index contributed by atoms with van der Waals surface area (Å²) in [5.41, 5.74) is 9.17. The van der Waals surface area contributed by atoms with Gasteiger partial charge in [-0.2, -0.15) is 4.58 Å². The zero-order valence-electron chi connectivity index (χ0n) is 27.6. The number of carboxylic acids is 1. The van der Waals surface area contributed by atoms with Crippen molar-refractivity contribution >= 4 is 33.2 Å². The molecule has 242 valence electrons. The Hall–Kier alpha value is -3.49. The van der Waals surface area contributed by atoms with Crippen molar-refractivity contribution in [3.05, 3.63) is 94.7 Å². The molecule has 1 atom stereocenters. The van der Waals surface area contributed by atoms with Crippen LogP contribution >= 0.6 is 0 Å². The number of carboxylic acid groups (broad SMARTS) is 1. The van der Waals surface area contributed by atoms with Gasteiger partial charge in [-0.3, -0.25) is 4.79 Å². The molecular weight excluding hydrogens is 584 g/mol. The number of hydrogen-bond donors (Lipinski definition) is 1. The van der Waals surface area contributed by atoms with E-state index in [1.54, 1.807) is 0 Å². The predicted molar refractivity (Wildman–Crippen MR) is 182 cm³/mol. The van der Waals surface area contributed by atoms with Gasteiger partial charge in [-0.05, 0) is 91.0 Å². The van der Waals surface area contributed by atoms with E-state index in [0.717, 1.165) is 36.3 Å². The molecule has 0 amide bonds. The fraction of sp³-hybridized carbons (Fsp3) is 0.459. The second-order valence-electron chi connectivity index (χ2n) is 13.1. The Balaban J connectivity index is 1.65. The molecule has 0 aliphatic carbocycles. The number of hydrogen-bond acceptors (Lipinski definition) is 5. The minimum atomic E-state index is -4.26. The van der Waals surface area contributed by atoms with Crippen LogP contribution in [-0.2, 0) is 25.7 Å². The van der Waals surface area contributed by atoms with Gasteiger partial charge in [0.1, 0.15) is 6.54 Å². The fourth-order valence-corrected chi connectivity index (χ4v) is 7.52. The number of rotatable bonds is 14. The van der Waals surface area contributed by atoms with Crippen molar-refractivity contribution in [3.8, 4) is 0 Å². The molecule has 0 spiro atoms. The third-order valence-electron chi connectivity index (χ3n) is 9.33. The summed E-state index contributed by atoms with van der Waals surface area (Å²) < 4.78 is 36.1. The van der Waals surface area contributed by atoms with Crippen LogP contribution in [0.1, 0.15) is 88.5 Å². The largest absolute Gasteiger partial charge is 0.748 e. The third kappa shape index (κ3) is 7.67. The van der Waals surface area contributed by atoms with Gasteiger partial charge < -0.3 is 14.6 Å². The Morgan fingerprint density at radius 1 is 0.956 bits per heavy atom. The number of anilines is 1. The molecule has 8 heteroatoms. The lowest BCUT2D eigenvalue weighted by molar-refractivity contribution is -0.433. The van der Waals surface area contributed by atoms with Crippen molar-refractivity contribution in [3.63, 3.8) is 0 Å². The molecule has 0 saturated carbocycles. The maximum atomic E-state index is 11.2. The first-order valence-corrected chi connectivity index (χ1v) is 17.6. The number of aryl methyl sites for hydroxylation is 2. The Bertz CT molecular complexity index is 1670. The van der Waals surface area contributed by atoms with E-state index in [1.165, 1.54) is 28.1 Å². The topological polar surface area (TPSA) is 101 Å². The molecule has 0 aromatic heterocycles. The smallest absolute Gasteiger partial charge is 0.303 e. The van der Waals surface area contributed by atoms with Gasteiger partial charge in [-0.15, -0.1) is 0 Å². The number of allylic oxidation sites excluding steroid dienone is 6. The maximum Gasteiger partial charge on any atom is 0.303 e. The molecular formula is C37H48N2O5S. The third-order valence-corrected chi connectivity index (χ3v) is 10.1. The van der Waals surface area contributed by atoms with Crippen LogP contribution in [0.2, 0.25) is 0 Å². The van der Waals surface area contributed by atoms with Gasteiger partial charge >= 0.3 is 5.97 Å². The van der Waals surface area contributed by atoms with Crippen LogP contribution in [0.15, 0.2) is 72.5 Å². The minimum Gasteiger partial charge on any atom is -0.748 e. The highest BCUT2D eigenvalue weighted by atomic mass is 32.2. The van der Waals surface area contributed by atoms with E-state index in [-0.39, 0.29) is 23.0 Å². The van der Waals surface area contributed by atoms with Crippen molar-refractivity contribution in [1.29, 1.82) is 0 Å². The normalized spacial score (nSPS) is 20.2. The number of benzene rings is 2. The highest BCUT2D eigenvalue weighted by Gasteiger charge is 2.44. The van der Waals surface area contributed by atoms with E-state index in [9.17, 15) is 22.9 Å². The average Bonchev–Trinajstić information content (AvgIpc) is 3.31. The highest BCUT2D eigenvalue weighted by Crippen LogP contribution is 2.51. The monoisotopic (exact) mass is 632 g/mol. The van der Waals surface area contributed by atoms with Crippen molar-refractivity contribution in [2.24, 2.45) is 0 Å². The lowest BCUT2D eigenvalue weighted by atomic mass is 9.76. The van der Waals surface area contributed by atoms with Crippen LogP contribution < -0.4 is 4.90 Å². The van der Waals surface area contributed by atoms with Gasteiger partial charge in [-0.25, -0.2) is 8.42 Å². The number of nitrogens with zero attached hydrogens (tertiary/aromatic N) is 2. The van der Waals surface area contributed by atoms with Crippen LogP contribution in [-0.4, -0.2) is 53.2 Å². The molecule has 0 radical (unpaired) electrons. The summed E-state index contributed by atoms with van der Waals surface area (Å²) in [6, 6.07) is 13.1. The molecule has 4 rings (SSSR count). The van der Waals surface area contributed by atoms with Gasteiger partial charge in [0.2, 0.25) is 5.69 Å². The molecule has 45 heavy (non-hydrogen) atoms. The summed E-state index contributed by atoms with van der Waals surface area (Å²) in [5, 5.41) is 9.20. The van der Waals surface area contributed by atoms with Crippen molar-refractivity contribution in [1.82, 2.24) is 0 Å². The summed E-state index contributed by atoms with van der Waals surface area (Å²) in [5.74, 6) is -1.16. The number of unbranched alkanes of at least 4 members (excludes halogenated alkanes) is 2. The Morgan fingerprint density at radius 3 is 2.31 bits per heavy atom. The number of aliphatic carboxylic acids is 1. The maximum absolute atomic E-state index is 11.2. The second-order valence-corrected chi connectivity index (χ2v) is 14.7. The van der Waals surface area contributed by atoms with Crippen molar-refractivity contribution < 1.29 is 27.4 Å². The summed E-state index contributed by atoms with van der Waals surface area (Å²) in [7, 11) is -4.26. The van der Waals surface area contributed by atoms with E-state index >= 15 is 0 Å². The number of fused-ring (bicyclic) bond motifs is 2. The molecule has 7 nitrogen and oxygen atoms in total. The van der Waals surface area contributed by atoms with Gasteiger partial charge in [0.25, 0.3) is 0 Å². The summed E-state index contributed by atoms with van der Waals surface area (Å²) in [6.07, 6.45) is 13.7. The summed E-state index contributed by atoms with van der Waals surface area (Å²) >= 11 is 0. The molecule has 2 aromatic carbocycles. The van der Waals surface area contributed by atoms with E-state index in [2.05, 4.69) is 118 Å². The zero-order valence-corrected chi connectivity index (χ0v) is 28.4. The first-order valence-electron chi connectivity index (χ1n) is 16.0. The quantitative estimate of drug-likeness (QED) is 0.101. The van der Waals surface area contributed by atoms with Gasteiger partial charge in [0.05, 0.1) is 15.5 Å². The van der Waals surface area contributed by atoms with Crippen LogP contribution in [0.3, 0.4) is 0 Å². The summed E-state index contributed by atoms with van der Waals surface area (Å²) in [6.45, 7) is 14.6. The second kappa shape index (κ2) is 13.9. The average molecular weight is 633 g/mol. The van der Waals surface area contributed by atoms with E-state index in [4.69, 9.17) is 0 Å². The van der Waals surface area contributed by atoms with Crippen LogP contribution in [0.5, 0.6) is 0 Å². The lowest BCUT2D eigenvalue weighted by Gasteiger charge is -2.30. The lowest BCUT2D eigenvalue weighted by Crippen LogP contribution is -2.29. The van der Waals surface area contributed by atoms with Crippen molar-refractivity contribution in [2.75, 3.05) is 23.7 Å². The zero-order chi connectivity index (χ0) is 33.0. The minimum absolute atomic E-state index is 0.117. The van der Waals surface area contributed by atoms with E-state index in [0.29, 0.717) is 25.8 Å². The van der Waals surface area contributed by atoms with Gasteiger partial charge in [-0.1, -0.05) is 54.0 Å². The molecule has 2 heterocycles. The molecule has 1 N–H and O–H groups in total. The predicted octanol–water partition coefficient (Wildman–Crippen LogP) is 7.44. The first kappa shape index (κ1) is 34.4. The van der Waals surface area contributed by atoms with E-state index < -0.39 is 16.1 Å². The molecule has 2 aliphatic heterocycles. The Labute approximate surface area is 269 Å². The van der Waals surface area contributed by atoms with Gasteiger partial charge in [0.15, 0.2) is 5.71 Å². The molecule has 0 bridgehead atoms. The number of carbonyl (C=O) groups is 1. The molecule has 2 aliphatic rings. The summed E-state index contributed by atoms with van der Waals surface area (Å²) in [4.78, 5) is 13.5. The Kier molecular flexibility index (Phi) is 10.6. The van der Waals surface area contributed by atoms with Crippen LogP contribution in [0.4, 0.5) is 11.4 Å². The molecule has 1 unspecified atom stereocenters. The van der Waals surface area contributed by atoms with Crippen molar-refractivity contribution in [2.45, 2.75) is 90.9 Å². The van der Waals surface area contributed by atoms with Gasteiger partial charge in [0, 0.05) is 53.2 Å². The first-order chi connectivity index (χ1) is 21.2. The van der Waals surface area contributed by atoms with Crippen LogP contribution in [0, 0.1) is 13.8 Å². The SMILES string of the molecule is CC[N+]1=C(/C=C/C=C/C=C2/N(CCCCS(=O)(=O)[O-])c3ccc(C)cc3C2(C)CCCCC(=O)O)C(C)(C)c2cc(C)ccc21. The standard InChI is InChI=1S/C37H48N2O5S/c1-7-38-31-20-18-27(2)25-29(31)36(4,5)33(38)15-9-8-10-16-34-37(6,22-12-11-17-35(40)41)30-26-28(3)19-21-32(30)39(34)23-13-14-24-45(42,43)44/h8-10,15-16,18-21,25-26H,7,11-14,17,22-24H2,1-6H3,(H-,40,41,42,43,44). The Morgan fingerprint density at radius 2 is 1.64 bits per heavy atom. The molecule has 0 fully saturated rings. The fourth-order valence-electron chi connectivity index (χ4n) is 6.96. The van der Waals surface area contributed by atoms with E-state index in [1.807, 2.05) is 0 Å². The molecule has 2 aromatic rings. The highest BCUT2D eigenvalue weighted by molar-refractivity contribution is 7.85. The molecule has 0 saturated heterocycles.